The summed E-state index contributed by atoms with van der Waals surface area (Å²) in [7, 11) is 0. The number of nitrogens with zero attached hydrogens (tertiary/aromatic N) is 1. The van der Waals surface area contributed by atoms with Gasteiger partial charge in [-0.3, -0.25) is 0 Å². The fourth-order valence-corrected chi connectivity index (χ4v) is 5.77. The molecule has 0 saturated heterocycles. The summed E-state index contributed by atoms with van der Waals surface area (Å²) in [4.78, 5) is 2.43. The van der Waals surface area contributed by atoms with Gasteiger partial charge in [0, 0.05) is 22.5 Å². The van der Waals surface area contributed by atoms with Gasteiger partial charge in [0.15, 0.2) is 0 Å². The summed E-state index contributed by atoms with van der Waals surface area (Å²) in [6.45, 7) is 13.5. The van der Waals surface area contributed by atoms with Crippen LogP contribution >= 0.6 is 0 Å². The lowest BCUT2D eigenvalue weighted by molar-refractivity contribution is 0.490. The molecule has 0 bridgehead atoms. The fourth-order valence-electron chi connectivity index (χ4n) is 5.77. The van der Waals surface area contributed by atoms with Gasteiger partial charge >= 0.3 is 0 Å². The lowest BCUT2D eigenvalue weighted by Crippen LogP contribution is -2.23. The van der Waals surface area contributed by atoms with Crippen LogP contribution in [0.25, 0.3) is 11.1 Å². The Morgan fingerprint density at radius 3 is 1.59 bits per heavy atom. The smallest absolute Gasteiger partial charge is 0.0465 e. The minimum atomic E-state index is 0.0694. The van der Waals surface area contributed by atoms with E-state index in [-0.39, 0.29) is 5.41 Å². The molecule has 34 heavy (non-hydrogen) atoms. The molecule has 0 fully saturated rings. The van der Waals surface area contributed by atoms with E-state index in [1.165, 1.54) is 61.6 Å². The molecule has 0 atom stereocenters. The van der Waals surface area contributed by atoms with Crippen LogP contribution in [0.4, 0.5) is 17.1 Å². The molecule has 0 aliphatic heterocycles. The van der Waals surface area contributed by atoms with Crippen molar-refractivity contribution in [1.29, 1.82) is 0 Å². The molecular weight excluding hydrogens is 410 g/mol. The molecule has 0 aromatic heterocycles. The van der Waals surface area contributed by atoms with E-state index in [0.29, 0.717) is 0 Å². The molecule has 0 amide bonds. The Kier molecular flexibility index (Phi) is 5.60. The summed E-state index contributed by atoms with van der Waals surface area (Å²) in [5.41, 5.74) is 14.7. The van der Waals surface area contributed by atoms with Gasteiger partial charge in [0.2, 0.25) is 0 Å². The van der Waals surface area contributed by atoms with Crippen molar-refractivity contribution >= 4 is 17.1 Å². The fraction of sp³-hybridized carbons (Fsp3) is 0.273. The standard InChI is InChI=1S/C33H35N/c1-7-33(8-2)31-12-10-9-11-29(31)30-18-17-28(21-32(30)33)34(26-15-13-22(3)24(5)19-26)27-16-14-23(4)25(6)20-27/h9-21H,7-8H2,1-6H3. The molecule has 1 aliphatic rings. The van der Waals surface area contributed by atoms with E-state index in [1.807, 2.05) is 0 Å². The van der Waals surface area contributed by atoms with Crippen LogP contribution in [0.3, 0.4) is 0 Å². The van der Waals surface area contributed by atoms with Crippen molar-refractivity contribution in [2.45, 2.75) is 59.8 Å². The number of fused-ring (bicyclic) bond motifs is 3. The molecule has 172 valence electrons. The van der Waals surface area contributed by atoms with E-state index >= 15 is 0 Å². The van der Waals surface area contributed by atoms with Crippen LogP contribution in [0.5, 0.6) is 0 Å². The SMILES string of the molecule is CCC1(CC)c2ccccc2-c2ccc(N(c3ccc(C)c(C)c3)c3ccc(C)c(C)c3)cc21. The molecule has 0 spiro atoms. The third kappa shape index (κ3) is 3.38. The second-order valence-corrected chi connectivity index (χ2v) is 9.94. The van der Waals surface area contributed by atoms with Crippen LogP contribution in [-0.4, -0.2) is 0 Å². The molecular formula is C33H35N. The van der Waals surface area contributed by atoms with Gasteiger partial charge in [0.05, 0.1) is 0 Å². The van der Waals surface area contributed by atoms with Crippen molar-refractivity contribution in [2.24, 2.45) is 0 Å². The first-order chi connectivity index (χ1) is 16.4. The maximum absolute atomic E-state index is 2.46. The molecule has 0 saturated carbocycles. The Morgan fingerprint density at radius 1 is 0.529 bits per heavy atom. The lowest BCUT2D eigenvalue weighted by Gasteiger charge is -2.32. The summed E-state index contributed by atoms with van der Waals surface area (Å²) < 4.78 is 0. The van der Waals surface area contributed by atoms with Gasteiger partial charge in [-0.2, -0.15) is 0 Å². The van der Waals surface area contributed by atoms with Crippen molar-refractivity contribution in [2.75, 3.05) is 4.90 Å². The number of hydrogen-bond acceptors (Lipinski definition) is 1. The van der Waals surface area contributed by atoms with Crippen molar-refractivity contribution in [3.05, 3.63) is 112 Å². The zero-order valence-electron chi connectivity index (χ0n) is 21.4. The second-order valence-electron chi connectivity index (χ2n) is 9.94. The van der Waals surface area contributed by atoms with E-state index < -0.39 is 0 Å². The highest BCUT2D eigenvalue weighted by Gasteiger charge is 2.40. The first kappa shape index (κ1) is 22.5. The molecule has 0 unspecified atom stereocenters. The van der Waals surface area contributed by atoms with Gasteiger partial charge in [0.1, 0.15) is 0 Å². The van der Waals surface area contributed by atoms with E-state index in [1.54, 1.807) is 0 Å². The molecule has 1 nitrogen and oxygen atoms in total. The van der Waals surface area contributed by atoms with Crippen LogP contribution < -0.4 is 4.90 Å². The van der Waals surface area contributed by atoms with Gasteiger partial charge in [-0.25, -0.2) is 0 Å². The maximum Gasteiger partial charge on any atom is 0.0465 e. The highest BCUT2D eigenvalue weighted by molar-refractivity contribution is 5.86. The summed E-state index contributed by atoms with van der Waals surface area (Å²) in [6.07, 6.45) is 2.20. The van der Waals surface area contributed by atoms with Crippen molar-refractivity contribution in [1.82, 2.24) is 0 Å². The summed E-state index contributed by atoms with van der Waals surface area (Å²) in [5.74, 6) is 0. The molecule has 0 N–H and O–H groups in total. The number of aryl methyl sites for hydroxylation is 4. The van der Waals surface area contributed by atoms with E-state index in [0.717, 1.165) is 12.8 Å². The zero-order valence-corrected chi connectivity index (χ0v) is 21.4. The van der Waals surface area contributed by atoms with Crippen LogP contribution in [0.15, 0.2) is 78.9 Å². The Hall–Kier alpha value is -3.32. The van der Waals surface area contributed by atoms with Crippen molar-refractivity contribution < 1.29 is 0 Å². The molecule has 1 heteroatoms. The number of benzene rings is 4. The Morgan fingerprint density at radius 2 is 1.03 bits per heavy atom. The van der Waals surface area contributed by atoms with Crippen LogP contribution in [0, 0.1) is 27.7 Å². The summed E-state index contributed by atoms with van der Waals surface area (Å²) >= 11 is 0. The topological polar surface area (TPSA) is 3.24 Å². The highest BCUT2D eigenvalue weighted by atomic mass is 15.1. The number of rotatable bonds is 5. The Balaban J connectivity index is 1.74. The van der Waals surface area contributed by atoms with Crippen molar-refractivity contribution in [3.8, 4) is 11.1 Å². The molecule has 4 aromatic carbocycles. The largest absolute Gasteiger partial charge is 0.310 e. The first-order valence-electron chi connectivity index (χ1n) is 12.6. The Labute approximate surface area is 205 Å². The van der Waals surface area contributed by atoms with Crippen LogP contribution in [0.1, 0.15) is 60.1 Å². The lowest BCUT2D eigenvalue weighted by atomic mass is 9.74. The van der Waals surface area contributed by atoms with Crippen LogP contribution in [0.2, 0.25) is 0 Å². The summed E-state index contributed by atoms with van der Waals surface area (Å²) in [5, 5.41) is 0. The van der Waals surface area contributed by atoms with Gasteiger partial charge in [-0.05, 0) is 121 Å². The van der Waals surface area contributed by atoms with E-state index in [4.69, 9.17) is 0 Å². The molecule has 5 rings (SSSR count). The van der Waals surface area contributed by atoms with Gasteiger partial charge < -0.3 is 4.90 Å². The highest BCUT2D eigenvalue weighted by Crippen LogP contribution is 2.54. The monoisotopic (exact) mass is 445 g/mol. The zero-order chi connectivity index (χ0) is 24.0. The quantitative estimate of drug-likeness (QED) is 0.296. The maximum atomic E-state index is 2.46. The molecule has 0 heterocycles. The average Bonchev–Trinajstić information content (AvgIpc) is 3.13. The minimum absolute atomic E-state index is 0.0694. The predicted octanol–water partition coefficient (Wildman–Crippen LogP) is 9.48. The van der Waals surface area contributed by atoms with Gasteiger partial charge in [0.25, 0.3) is 0 Å². The summed E-state index contributed by atoms with van der Waals surface area (Å²) in [6, 6.07) is 29.8. The molecule has 0 radical (unpaired) electrons. The van der Waals surface area contributed by atoms with Gasteiger partial charge in [-0.15, -0.1) is 0 Å². The minimum Gasteiger partial charge on any atom is -0.310 e. The normalized spacial score (nSPS) is 13.5. The molecule has 4 aromatic rings. The molecule has 1 aliphatic carbocycles. The van der Waals surface area contributed by atoms with Crippen molar-refractivity contribution in [3.63, 3.8) is 0 Å². The van der Waals surface area contributed by atoms with Gasteiger partial charge in [-0.1, -0.05) is 56.3 Å². The second kappa shape index (κ2) is 8.47. The average molecular weight is 446 g/mol. The van der Waals surface area contributed by atoms with Crippen LogP contribution in [-0.2, 0) is 5.41 Å². The number of hydrogen-bond donors (Lipinski definition) is 0. The van der Waals surface area contributed by atoms with E-state index in [2.05, 4.69) is 125 Å². The first-order valence-corrected chi connectivity index (χ1v) is 12.6. The Bertz CT molecular complexity index is 1320. The third-order valence-corrected chi connectivity index (χ3v) is 8.21. The predicted molar refractivity (Wildman–Crippen MR) is 147 cm³/mol. The number of anilines is 3. The third-order valence-electron chi connectivity index (χ3n) is 8.21. The van der Waals surface area contributed by atoms with E-state index in [9.17, 15) is 0 Å².